The molecule has 0 aliphatic heterocycles. The maximum absolute atomic E-state index is 11.4. The van der Waals surface area contributed by atoms with E-state index in [0.29, 0.717) is 13.0 Å². The van der Waals surface area contributed by atoms with Crippen LogP contribution in [0.3, 0.4) is 0 Å². The molecule has 1 N–H and O–H groups in total. The van der Waals surface area contributed by atoms with Crippen LogP contribution in [-0.2, 0) is 9.53 Å². The van der Waals surface area contributed by atoms with Gasteiger partial charge in [-0.3, -0.25) is 4.79 Å². The molecule has 0 saturated carbocycles. The molecule has 0 amide bonds. The van der Waals surface area contributed by atoms with Gasteiger partial charge in [-0.25, -0.2) is 0 Å². The molecule has 3 nitrogen and oxygen atoms in total. The molecule has 0 aliphatic carbocycles. The molecule has 0 radical (unpaired) electrons. The fraction of sp³-hybridized carbons (Fsp3) is 0.462. The van der Waals surface area contributed by atoms with Gasteiger partial charge in [0.1, 0.15) is 0 Å². The second-order valence-corrected chi connectivity index (χ2v) is 5.87. The van der Waals surface area contributed by atoms with Gasteiger partial charge in [0.25, 0.3) is 0 Å². The molecule has 1 atom stereocenters. The molecular formula is C13H17Br2NO2. The summed E-state index contributed by atoms with van der Waals surface area (Å²) in [5.74, 6) is -0.183. The second-order valence-electron chi connectivity index (χ2n) is 4.16. The summed E-state index contributed by atoms with van der Waals surface area (Å²) < 4.78 is 6.88. The van der Waals surface area contributed by atoms with E-state index < -0.39 is 0 Å². The van der Waals surface area contributed by atoms with E-state index in [1.165, 1.54) is 0 Å². The number of carbonyl (C=O) groups excluding carboxylic acids is 1. The number of halogens is 2. The second kappa shape index (κ2) is 7.14. The van der Waals surface area contributed by atoms with E-state index in [2.05, 4.69) is 37.2 Å². The number of anilines is 1. The summed E-state index contributed by atoms with van der Waals surface area (Å²) in [6, 6.07) is 4.08. The van der Waals surface area contributed by atoms with Crippen LogP contribution in [0.15, 0.2) is 21.1 Å². The summed E-state index contributed by atoms with van der Waals surface area (Å²) in [7, 11) is 0. The third kappa shape index (κ3) is 4.61. The molecule has 0 spiro atoms. The molecule has 1 aromatic rings. The molecule has 0 fully saturated rings. The Labute approximate surface area is 125 Å². The Morgan fingerprint density at radius 2 is 1.94 bits per heavy atom. The van der Waals surface area contributed by atoms with Gasteiger partial charge >= 0.3 is 5.97 Å². The molecule has 100 valence electrons. The maximum Gasteiger partial charge on any atom is 0.307 e. The molecule has 0 aliphatic rings. The van der Waals surface area contributed by atoms with Gasteiger partial charge in [0.2, 0.25) is 0 Å². The fourth-order valence-electron chi connectivity index (χ4n) is 1.61. The van der Waals surface area contributed by atoms with Crippen molar-refractivity contribution < 1.29 is 9.53 Å². The average molecular weight is 379 g/mol. The van der Waals surface area contributed by atoms with Gasteiger partial charge < -0.3 is 10.1 Å². The first-order chi connectivity index (χ1) is 8.43. The highest BCUT2D eigenvalue weighted by molar-refractivity contribution is 9.11. The minimum atomic E-state index is -0.183. The maximum atomic E-state index is 11.4. The van der Waals surface area contributed by atoms with E-state index >= 15 is 0 Å². The lowest BCUT2D eigenvalue weighted by atomic mass is 10.2. The van der Waals surface area contributed by atoms with Gasteiger partial charge in [-0.15, -0.1) is 0 Å². The smallest absolute Gasteiger partial charge is 0.307 e. The zero-order chi connectivity index (χ0) is 13.7. The highest BCUT2D eigenvalue weighted by atomic mass is 79.9. The predicted octanol–water partition coefficient (Wildman–Crippen LogP) is 4.27. The van der Waals surface area contributed by atoms with Gasteiger partial charge in [-0.2, -0.15) is 0 Å². The molecule has 0 saturated heterocycles. The molecule has 1 rings (SSSR count). The number of ether oxygens (including phenoxy) is 1. The van der Waals surface area contributed by atoms with Gasteiger partial charge in [0, 0.05) is 15.0 Å². The molecule has 5 heteroatoms. The van der Waals surface area contributed by atoms with E-state index in [1.807, 2.05) is 32.9 Å². The highest BCUT2D eigenvalue weighted by Crippen LogP contribution is 2.33. The number of hydrogen-bond donors (Lipinski definition) is 1. The predicted molar refractivity (Wildman–Crippen MR) is 80.9 cm³/mol. The van der Waals surface area contributed by atoms with Crippen molar-refractivity contribution in [1.29, 1.82) is 0 Å². The van der Waals surface area contributed by atoms with Crippen LogP contribution in [0.25, 0.3) is 0 Å². The number of carbonyl (C=O) groups is 1. The topological polar surface area (TPSA) is 38.3 Å². The van der Waals surface area contributed by atoms with Crippen LogP contribution in [0.2, 0.25) is 0 Å². The Bertz CT molecular complexity index is 412. The minimum Gasteiger partial charge on any atom is -0.466 e. The van der Waals surface area contributed by atoms with Crippen molar-refractivity contribution in [3.63, 3.8) is 0 Å². The summed E-state index contributed by atoms with van der Waals surface area (Å²) in [6.07, 6.45) is 0.348. The first kappa shape index (κ1) is 15.5. The monoisotopic (exact) mass is 377 g/mol. The zero-order valence-electron chi connectivity index (χ0n) is 10.7. The van der Waals surface area contributed by atoms with Crippen molar-refractivity contribution in [1.82, 2.24) is 0 Å². The summed E-state index contributed by atoms with van der Waals surface area (Å²) in [4.78, 5) is 11.4. The molecule has 0 bridgehead atoms. The Morgan fingerprint density at radius 1 is 1.39 bits per heavy atom. The van der Waals surface area contributed by atoms with Gasteiger partial charge in [-0.05, 0) is 70.3 Å². The number of esters is 1. The van der Waals surface area contributed by atoms with E-state index in [4.69, 9.17) is 4.74 Å². The highest BCUT2D eigenvalue weighted by Gasteiger charge is 2.13. The number of hydrogen-bond acceptors (Lipinski definition) is 3. The molecule has 1 aromatic carbocycles. The first-order valence-corrected chi connectivity index (χ1v) is 7.40. The quantitative estimate of drug-likeness (QED) is 0.777. The normalized spacial score (nSPS) is 12.1. The van der Waals surface area contributed by atoms with Gasteiger partial charge in [0.15, 0.2) is 0 Å². The largest absolute Gasteiger partial charge is 0.466 e. The van der Waals surface area contributed by atoms with Crippen LogP contribution in [0.1, 0.15) is 25.8 Å². The molecular weight excluding hydrogens is 362 g/mol. The van der Waals surface area contributed by atoms with Crippen molar-refractivity contribution >= 4 is 43.5 Å². The standard InChI is InChI=1S/C13H17Br2NO2/c1-4-18-12(17)7-9(3)16-13-10(14)5-8(2)6-11(13)15/h5-6,9,16H,4,7H2,1-3H3. The molecule has 18 heavy (non-hydrogen) atoms. The van der Waals surface area contributed by atoms with E-state index in [0.717, 1.165) is 20.2 Å². The zero-order valence-corrected chi connectivity index (χ0v) is 13.9. The van der Waals surface area contributed by atoms with Crippen molar-refractivity contribution in [2.75, 3.05) is 11.9 Å². The third-order valence-electron chi connectivity index (χ3n) is 2.36. The van der Waals surface area contributed by atoms with Crippen molar-refractivity contribution in [2.45, 2.75) is 33.2 Å². The molecule has 0 heterocycles. The van der Waals surface area contributed by atoms with Gasteiger partial charge in [-0.1, -0.05) is 0 Å². The Hall–Kier alpha value is -0.550. The first-order valence-electron chi connectivity index (χ1n) is 5.81. The van der Waals surface area contributed by atoms with Crippen molar-refractivity contribution in [2.24, 2.45) is 0 Å². The SMILES string of the molecule is CCOC(=O)CC(C)Nc1c(Br)cc(C)cc1Br. The molecule has 1 unspecified atom stereocenters. The molecule has 0 aromatic heterocycles. The van der Waals surface area contributed by atoms with E-state index in [1.54, 1.807) is 0 Å². The summed E-state index contributed by atoms with van der Waals surface area (Å²) in [6.45, 7) is 6.21. The lowest BCUT2D eigenvalue weighted by molar-refractivity contribution is -0.143. The minimum absolute atomic E-state index is 0.0133. The van der Waals surface area contributed by atoms with E-state index in [9.17, 15) is 4.79 Å². The van der Waals surface area contributed by atoms with E-state index in [-0.39, 0.29) is 12.0 Å². The average Bonchev–Trinajstić information content (AvgIpc) is 2.23. The van der Waals surface area contributed by atoms with Crippen molar-refractivity contribution in [3.8, 4) is 0 Å². The van der Waals surface area contributed by atoms with Crippen LogP contribution in [-0.4, -0.2) is 18.6 Å². The fourth-order valence-corrected chi connectivity index (χ4v) is 3.25. The summed E-state index contributed by atoms with van der Waals surface area (Å²) >= 11 is 7.03. The number of benzene rings is 1. The van der Waals surface area contributed by atoms with Crippen LogP contribution >= 0.6 is 31.9 Å². The lowest BCUT2D eigenvalue weighted by Crippen LogP contribution is -2.21. The Kier molecular flexibility index (Phi) is 6.15. The summed E-state index contributed by atoms with van der Waals surface area (Å²) in [5.41, 5.74) is 2.12. The van der Waals surface area contributed by atoms with Crippen LogP contribution in [0.5, 0.6) is 0 Å². The van der Waals surface area contributed by atoms with Crippen LogP contribution in [0, 0.1) is 6.92 Å². The third-order valence-corrected chi connectivity index (χ3v) is 3.61. The van der Waals surface area contributed by atoms with Crippen LogP contribution in [0.4, 0.5) is 5.69 Å². The Balaban J connectivity index is 2.70. The lowest BCUT2D eigenvalue weighted by Gasteiger charge is -2.17. The number of aryl methyl sites for hydroxylation is 1. The number of nitrogens with one attached hydrogen (secondary N) is 1. The van der Waals surface area contributed by atoms with Gasteiger partial charge in [0.05, 0.1) is 18.7 Å². The number of rotatable bonds is 5. The Morgan fingerprint density at radius 3 is 2.44 bits per heavy atom. The van der Waals surface area contributed by atoms with Crippen molar-refractivity contribution in [3.05, 3.63) is 26.6 Å². The summed E-state index contributed by atoms with van der Waals surface area (Å²) in [5, 5.41) is 3.30. The van der Waals surface area contributed by atoms with Crippen LogP contribution < -0.4 is 5.32 Å².